The van der Waals surface area contributed by atoms with E-state index in [0.29, 0.717) is 16.9 Å². The monoisotopic (exact) mass is 424 g/mol. The molecule has 0 saturated carbocycles. The molecule has 0 fully saturated rings. The summed E-state index contributed by atoms with van der Waals surface area (Å²) in [6.45, 7) is 6.83. The molecule has 0 saturated heterocycles. The first-order valence-corrected chi connectivity index (χ1v) is 11.0. The van der Waals surface area contributed by atoms with Crippen molar-refractivity contribution in [3.63, 3.8) is 0 Å². The lowest BCUT2D eigenvalue weighted by molar-refractivity contribution is -0.116. The van der Waals surface area contributed by atoms with Crippen LogP contribution in [0.3, 0.4) is 0 Å². The van der Waals surface area contributed by atoms with Crippen molar-refractivity contribution in [1.82, 2.24) is 4.57 Å². The molecule has 0 aliphatic carbocycles. The summed E-state index contributed by atoms with van der Waals surface area (Å²) in [6, 6.07) is 15.0. The number of hydrogen-bond donors (Lipinski definition) is 1. The fraction of sp³-hybridized carbons (Fsp3) is 0.217. The van der Waals surface area contributed by atoms with Crippen LogP contribution in [0.2, 0.25) is 0 Å². The normalized spacial score (nSPS) is 11.3. The SMILES string of the molecule is Cc1cccc(NC(=O)Cn2c(C)cc(C)c(S(=O)(=O)c3ccccc3)c2=O)c1C. The Morgan fingerprint density at radius 1 is 0.933 bits per heavy atom. The highest BCUT2D eigenvalue weighted by atomic mass is 32.2. The Bertz CT molecular complexity index is 1280. The number of amides is 1. The molecule has 1 aromatic heterocycles. The highest BCUT2D eigenvalue weighted by Gasteiger charge is 2.26. The standard InChI is InChI=1S/C23H24N2O4S/c1-15-9-8-12-20(18(15)4)24-21(26)14-25-17(3)13-16(2)22(23(25)27)30(28,29)19-10-6-5-7-11-19/h5-13H,14H2,1-4H3,(H,24,26). The third-order valence-corrected chi connectivity index (χ3v) is 7.08. The van der Waals surface area contributed by atoms with Gasteiger partial charge in [0.05, 0.1) is 4.90 Å². The predicted molar refractivity (Wildman–Crippen MR) is 117 cm³/mol. The summed E-state index contributed by atoms with van der Waals surface area (Å²) < 4.78 is 27.4. The number of hydrogen-bond acceptors (Lipinski definition) is 4. The summed E-state index contributed by atoms with van der Waals surface area (Å²) in [4.78, 5) is 25.5. The molecule has 30 heavy (non-hydrogen) atoms. The Hall–Kier alpha value is -3.19. The van der Waals surface area contributed by atoms with Crippen molar-refractivity contribution in [1.29, 1.82) is 0 Å². The van der Waals surface area contributed by atoms with Gasteiger partial charge >= 0.3 is 0 Å². The Morgan fingerprint density at radius 2 is 1.60 bits per heavy atom. The van der Waals surface area contributed by atoms with Crippen LogP contribution in [-0.4, -0.2) is 18.9 Å². The average Bonchev–Trinajstić information content (AvgIpc) is 2.69. The number of benzene rings is 2. The first-order valence-electron chi connectivity index (χ1n) is 9.50. The number of sulfone groups is 1. The van der Waals surface area contributed by atoms with E-state index in [9.17, 15) is 18.0 Å². The highest BCUT2D eigenvalue weighted by molar-refractivity contribution is 7.91. The molecule has 1 amide bonds. The number of rotatable bonds is 5. The van der Waals surface area contributed by atoms with Gasteiger partial charge in [0.2, 0.25) is 15.7 Å². The van der Waals surface area contributed by atoms with Gasteiger partial charge in [0.15, 0.2) is 0 Å². The number of carbonyl (C=O) groups excluding carboxylic acids is 1. The number of anilines is 1. The molecule has 156 valence electrons. The Labute approximate surface area is 176 Å². The number of pyridine rings is 1. The number of nitrogens with one attached hydrogen (secondary N) is 1. The Morgan fingerprint density at radius 3 is 2.27 bits per heavy atom. The molecule has 3 rings (SSSR count). The Kier molecular flexibility index (Phi) is 5.94. The molecular formula is C23H24N2O4S. The van der Waals surface area contributed by atoms with E-state index >= 15 is 0 Å². The third kappa shape index (κ3) is 4.07. The van der Waals surface area contributed by atoms with Crippen molar-refractivity contribution < 1.29 is 13.2 Å². The molecule has 0 aliphatic rings. The number of nitrogens with zero attached hydrogens (tertiary/aromatic N) is 1. The maximum Gasteiger partial charge on any atom is 0.270 e. The van der Waals surface area contributed by atoms with Crippen LogP contribution >= 0.6 is 0 Å². The van der Waals surface area contributed by atoms with Crippen LogP contribution in [0.1, 0.15) is 22.4 Å². The van der Waals surface area contributed by atoms with E-state index in [0.717, 1.165) is 11.1 Å². The maximum atomic E-state index is 13.1. The molecule has 0 unspecified atom stereocenters. The van der Waals surface area contributed by atoms with Gasteiger partial charge in [-0.25, -0.2) is 8.42 Å². The molecule has 1 N–H and O–H groups in total. The van der Waals surface area contributed by atoms with Crippen molar-refractivity contribution in [2.24, 2.45) is 0 Å². The zero-order chi connectivity index (χ0) is 22.1. The van der Waals surface area contributed by atoms with Crippen molar-refractivity contribution in [2.75, 3.05) is 5.32 Å². The van der Waals surface area contributed by atoms with E-state index in [2.05, 4.69) is 5.32 Å². The van der Waals surface area contributed by atoms with E-state index in [1.165, 1.54) is 16.7 Å². The van der Waals surface area contributed by atoms with Gasteiger partial charge in [-0.15, -0.1) is 0 Å². The van der Waals surface area contributed by atoms with Crippen LogP contribution in [0.15, 0.2) is 69.2 Å². The Balaban J connectivity index is 2.01. The van der Waals surface area contributed by atoms with Gasteiger partial charge in [-0.05, 0) is 68.7 Å². The van der Waals surface area contributed by atoms with Crippen LogP contribution in [-0.2, 0) is 21.2 Å². The molecule has 3 aromatic rings. The van der Waals surface area contributed by atoms with E-state index in [4.69, 9.17) is 0 Å². The molecule has 0 radical (unpaired) electrons. The summed E-state index contributed by atoms with van der Waals surface area (Å²) in [6.07, 6.45) is 0. The smallest absolute Gasteiger partial charge is 0.270 e. The minimum Gasteiger partial charge on any atom is -0.324 e. The molecule has 0 aliphatic heterocycles. The van der Waals surface area contributed by atoms with Crippen molar-refractivity contribution in [2.45, 2.75) is 44.0 Å². The maximum absolute atomic E-state index is 13.1. The highest BCUT2D eigenvalue weighted by Crippen LogP contribution is 2.22. The number of aromatic nitrogens is 1. The zero-order valence-electron chi connectivity index (χ0n) is 17.4. The van der Waals surface area contributed by atoms with Crippen LogP contribution in [0.25, 0.3) is 0 Å². The second kappa shape index (κ2) is 8.28. The van der Waals surface area contributed by atoms with Gasteiger partial charge in [0.1, 0.15) is 11.4 Å². The first kappa shape index (κ1) is 21.5. The van der Waals surface area contributed by atoms with Crippen LogP contribution in [0, 0.1) is 27.7 Å². The van der Waals surface area contributed by atoms with Crippen LogP contribution in [0.5, 0.6) is 0 Å². The van der Waals surface area contributed by atoms with E-state index in [1.54, 1.807) is 44.2 Å². The molecular weight excluding hydrogens is 400 g/mol. The lowest BCUT2D eigenvalue weighted by atomic mass is 10.1. The van der Waals surface area contributed by atoms with E-state index in [1.807, 2.05) is 26.0 Å². The van der Waals surface area contributed by atoms with Crippen molar-refractivity contribution in [3.8, 4) is 0 Å². The fourth-order valence-corrected chi connectivity index (χ4v) is 4.94. The van der Waals surface area contributed by atoms with Crippen LogP contribution < -0.4 is 10.9 Å². The van der Waals surface area contributed by atoms with Crippen molar-refractivity contribution in [3.05, 3.63) is 87.3 Å². The van der Waals surface area contributed by atoms with Gasteiger partial charge < -0.3 is 9.88 Å². The molecule has 6 nitrogen and oxygen atoms in total. The number of aryl methyl sites for hydroxylation is 3. The second-order valence-electron chi connectivity index (χ2n) is 7.30. The molecule has 1 heterocycles. The van der Waals surface area contributed by atoms with E-state index in [-0.39, 0.29) is 16.3 Å². The average molecular weight is 425 g/mol. The molecule has 2 aromatic carbocycles. The van der Waals surface area contributed by atoms with Gasteiger partial charge in [0, 0.05) is 11.4 Å². The minimum atomic E-state index is -4.01. The van der Waals surface area contributed by atoms with Gasteiger partial charge in [0.25, 0.3) is 5.56 Å². The summed E-state index contributed by atoms with van der Waals surface area (Å²) in [7, 11) is -4.01. The lowest BCUT2D eigenvalue weighted by Crippen LogP contribution is -2.33. The topological polar surface area (TPSA) is 85.2 Å². The minimum absolute atomic E-state index is 0.0421. The zero-order valence-corrected chi connectivity index (χ0v) is 18.2. The molecule has 0 spiro atoms. The van der Waals surface area contributed by atoms with Crippen molar-refractivity contribution >= 4 is 21.4 Å². The summed E-state index contributed by atoms with van der Waals surface area (Å²) in [5, 5.41) is 2.81. The number of carbonyl (C=O) groups is 1. The summed E-state index contributed by atoms with van der Waals surface area (Å²) in [5.41, 5.74) is 2.80. The molecule has 7 heteroatoms. The molecule has 0 atom stereocenters. The lowest BCUT2D eigenvalue weighted by Gasteiger charge is -2.16. The van der Waals surface area contributed by atoms with Crippen LogP contribution in [0.4, 0.5) is 5.69 Å². The van der Waals surface area contributed by atoms with Gasteiger partial charge in [-0.1, -0.05) is 30.3 Å². The van der Waals surface area contributed by atoms with Gasteiger partial charge in [-0.2, -0.15) is 0 Å². The molecule has 0 bridgehead atoms. The quantitative estimate of drug-likeness (QED) is 0.679. The fourth-order valence-electron chi connectivity index (χ4n) is 3.37. The van der Waals surface area contributed by atoms with E-state index < -0.39 is 21.3 Å². The second-order valence-corrected chi connectivity index (χ2v) is 9.19. The first-order chi connectivity index (χ1) is 14.1. The van der Waals surface area contributed by atoms with Gasteiger partial charge in [-0.3, -0.25) is 9.59 Å². The predicted octanol–water partition coefficient (Wildman–Crippen LogP) is 3.55. The summed E-state index contributed by atoms with van der Waals surface area (Å²) in [5.74, 6) is -0.402. The third-order valence-electron chi connectivity index (χ3n) is 5.15. The largest absolute Gasteiger partial charge is 0.324 e. The summed E-state index contributed by atoms with van der Waals surface area (Å²) >= 11 is 0.